The van der Waals surface area contributed by atoms with Gasteiger partial charge in [0.05, 0.1) is 31.4 Å². The third-order valence-corrected chi connectivity index (χ3v) is 7.17. The van der Waals surface area contributed by atoms with Crippen LogP contribution in [0.1, 0.15) is 86.0 Å². The van der Waals surface area contributed by atoms with Gasteiger partial charge in [-0.3, -0.25) is 4.79 Å². The Balaban J connectivity index is 0.00000129. The Morgan fingerprint density at radius 3 is 2.33 bits per heavy atom. The fourth-order valence-electron chi connectivity index (χ4n) is 4.75. The molecule has 3 rings (SSSR count). The highest BCUT2D eigenvalue weighted by atomic mass is 79.9. The van der Waals surface area contributed by atoms with Crippen LogP contribution < -0.4 is 5.32 Å². The zero-order chi connectivity index (χ0) is 24.9. The number of halogens is 1. The summed E-state index contributed by atoms with van der Waals surface area (Å²) < 4.78 is 6.03. The summed E-state index contributed by atoms with van der Waals surface area (Å²) in [6, 6.07) is 0.0367. The lowest BCUT2D eigenvalue weighted by Gasteiger charge is -2.41. The van der Waals surface area contributed by atoms with E-state index in [1.165, 1.54) is 38.5 Å². The highest BCUT2D eigenvalue weighted by molar-refractivity contribution is 9.11. The van der Waals surface area contributed by atoms with Crippen molar-refractivity contribution in [2.45, 2.75) is 97.6 Å². The van der Waals surface area contributed by atoms with Gasteiger partial charge in [-0.1, -0.05) is 102 Å². The Bertz CT molecular complexity index is 662. The maximum absolute atomic E-state index is 13.1. The lowest BCUT2D eigenvalue weighted by molar-refractivity contribution is -0.185. The van der Waals surface area contributed by atoms with Crippen molar-refractivity contribution in [2.75, 3.05) is 26.3 Å². The summed E-state index contributed by atoms with van der Waals surface area (Å²) in [6.45, 7) is 15.8. The van der Waals surface area contributed by atoms with Crippen molar-refractivity contribution in [2.24, 2.45) is 5.92 Å². The number of ether oxygens (including phenoxy) is 1. The summed E-state index contributed by atoms with van der Waals surface area (Å²) in [5, 5.41) is 13.7. The van der Waals surface area contributed by atoms with E-state index in [0.29, 0.717) is 31.9 Å². The van der Waals surface area contributed by atoms with Crippen LogP contribution in [0.3, 0.4) is 0 Å². The van der Waals surface area contributed by atoms with E-state index in [2.05, 4.69) is 39.6 Å². The van der Waals surface area contributed by atoms with Crippen LogP contribution >= 0.6 is 15.9 Å². The predicted molar refractivity (Wildman–Crippen MR) is 142 cm³/mol. The van der Waals surface area contributed by atoms with Crippen LogP contribution in [0.2, 0.25) is 0 Å². The van der Waals surface area contributed by atoms with Gasteiger partial charge in [-0.15, -0.1) is 0 Å². The molecule has 1 aliphatic carbocycles. The number of aliphatic hydroxyl groups is 1. The second-order valence-corrected chi connectivity index (χ2v) is 9.58. The molecule has 2 heterocycles. The number of carbonyl (C=O) groups excluding carboxylic acids is 1. The van der Waals surface area contributed by atoms with Crippen LogP contribution in [0.15, 0.2) is 34.5 Å². The topological polar surface area (TPSA) is 61.8 Å². The van der Waals surface area contributed by atoms with Crippen LogP contribution in [0.4, 0.5) is 0 Å². The molecule has 6 heteroatoms. The first kappa shape index (κ1) is 29.9. The van der Waals surface area contributed by atoms with Gasteiger partial charge in [0.2, 0.25) is 0 Å². The molecule has 3 aliphatic rings. The lowest BCUT2D eigenvalue weighted by atomic mass is 9.96. The van der Waals surface area contributed by atoms with Gasteiger partial charge in [0.15, 0.2) is 0 Å². The minimum Gasteiger partial charge on any atom is -0.383 e. The Labute approximate surface area is 210 Å². The molecule has 1 saturated heterocycles. The summed E-state index contributed by atoms with van der Waals surface area (Å²) in [6.07, 6.45) is 13.5. The summed E-state index contributed by atoms with van der Waals surface area (Å²) in [5.74, 6) is 0.697. The van der Waals surface area contributed by atoms with Crippen molar-refractivity contribution in [1.29, 1.82) is 0 Å². The molecule has 5 nitrogen and oxygen atoms in total. The molecule has 2 N–H and O–H groups in total. The standard InChI is InChI=1S/C23H35BrN2O3.2C2H6/c1-3-19(24)21-18(13-26(20(21)4-2)14-23(28)15-29-16-23)22(27)25-12-11-17-9-7-5-6-8-10-17;2*1-2/h3,13,17,20,28H,1,4-12,14-16H2,2H3,(H,25,27);2*1-2H3/b21-19+;;. The van der Waals surface area contributed by atoms with Crippen LogP contribution in [0.25, 0.3) is 0 Å². The molecule has 0 aromatic heterocycles. The number of rotatable bonds is 8. The Morgan fingerprint density at radius 2 is 1.85 bits per heavy atom. The largest absolute Gasteiger partial charge is 0.383 e. The van der Waals surface area contributed by atoms with Gasteiger partial charge in [0, 0.05) is 22.8 Å². The molecule has 1 atom stereocenters. The molecule has 0 aromatic carbocycles. The van der Waals surface area contributed by atoms with Crippen LogP contribution in [0, 0.1) is 5.92 Å². The number of hydrogen-bond donors (Lipinski definition) is 2. The molecule has 33 heavy (non-hydrogen) atoms. The Kier molecular flexibility index (Phi) is 14.3. The Morgan fingerprint density at radius 1 is 1.24 bits per heavy atom. The second-order valence-electron chi connectivity index (χ2n) is 8.72. The first-order valence-electron chi connectivity index (χ1n) is 13.1. The van der Waals surface area contributed by atoms with E-state index in [1.807, 2.05) is 33.9 Å². The van der Waals surface area contributed by atoms with E-state index < -0.39 is 5.60 Å². The van der Waals surface area contributed by atoms with Crippen molar-refractivity contribution in [3.05, 3.63) is 34.5 Å². The average Bonchev–Trinajstić information content (AvgIpc) is 2.98. The van der Waals surface area contributed by atoms with E-state index in [0.717, 1.165) is 28.8 Å². The molecule has 1 unspecified atom stereocenters. The van der Waals surface area contributed by atoms with Gasteiger partial charge >= 0.3 is 0 Å². The number of carbonyl (C=O) groups is 1. The molecule has 1 saturated carbocycles. The van der Waals surface area contributed by atoms with Crippen molar-refractivity contribution < 1.29 is 14.6 Å². The predicted octanol–water partition coefficient (Wildman–Crippen LogP) is 6.09. The van der Waals surface area contributed by atoms with E-state index in [-0.39, 0.29) is 11.9 Å². The van der Waals surface area contributed by atoms with E-state index >= 15 is 0 Å². The zero-order valence-electron chi connectivity index (χ0n) is 21.6. The number of nitrogens with zero attached hydrogens (tertiary/aromatic N) is 1. The highest BCUT2D eigenvalue weighted by Gasteiger charge is 2.42. The average molecular weight is 528 g/mol. The normalized spacial score (nSPS) is 23.5. The molecule has 0 bridgehead atoms. The summed E-state index contributed by atoms with van der Waals surface area (Å²) in [7, 11) is 0. The van der Waals surface area contributed by atoms with Crippen molar-refractivity contribution >= 4 is 21.8 Å². The van der Waals surface area contributed by atoms with Gasteiger partial charge in [-0.25, -0.2) is 0 Å². The van der Waals surface area contributed by atoms with Crippen LogP contribution in [-0.4, -0.2) is 53.9 Å². The molecule has 1 amide bonds. The minimum atomic E-state index is -0.832. The SMILES string of the molecule is C=C/C(Br)=C1/C(C(=O)NCCC2CCCCCC2)=CN(CC2(O)COC2)C1CC.CC.CC. The number of hydrogen-bond acceptors (Lipinski definition) is 4. The third kappa shape index (κ3) is 8.56. The molecule has 0 aromatic rings. The van der Waals surface area contributed by atoms with Gasteiger partial charge in [-0.2, -0.15) is 0 Å². The van der Waals surface area contributed by atoms with Gasteiger partial charge < -0.3 is 20.1 Å². The molecule has 0 radical (unpaired) electrons. The molecule has 2 fully saturated rings. The van der Waals surface area contributed by atoms with Gasteiger partial charge in [0.1, 0.15) is 5.60 Å². The third-order valence-electron chi connectivity index (χ3n) is 6.42. The van der Waals surface area contributed by atoms with Crippen LogP contribution in [-0.2, 0) is 9.53 Å². The first-order chi connectivity index (χ1) is 16.0. The number of β-amino-alcohol motifs (C(OH)–C–C–N with tert-alkyl or cyclic N) is 1. The number of allylic oxidation sites excluding steroid dienone is 2. The van der Waals surface area contributed by atoms with Crippen molar-refractivity contribution in [1.82, 2.24) is 10.2 Å². The fourth-order valence-corrected chi connectivity index (χ4v) is 5.23. The summed E-state index contributed by atoms with van der Waals surface area (Å²) in [5.41, 5.74) is 0.799. The lowest BCUT2D eigenvalue weighted by Crippen LogP contribution is -2.57. The van der Waals surface area contributed by atoms with E-state index in [4.69, 9.17) is 4.74 Å². The van der Waals surface area contributed by atoms with Crippen molar-refractivity contribution in [3.63, 3.8) is 0 Å². The molecule has 2 aliphatic heterocycles. The van der Waals surface area contributed by atoms with Crippen LogP contribution in [0.5, 0.6) is 0 Å². The maximum atomic E-state index is 13.1. The van der Waals surface area contributed by atoms with E-state index in [1.54, 1.807) is 6.08 Å². The number of nitrogens with one attached hydrogen (secondary N) is 1. The first-order valence-corrected chi connectivity index (χ1v) is 13.8. The smallest absolute Gasteiger partial charge is 0.253 e. The molecular formula is C27H47BrN2O3. The van der Waals surface area contributed by atoms with Gasteiger partial charge in [0.25, 0.3) is 5.91 Å². The highest BCUT2D eigenvalue weighted by Crippen LogP contribution is 2.36. The quantitative estimate of drug-likeness (QED) is 0.375. The van der Waals surface area contributed by atoms with Gasteiger partial charge in [-0.05, 0) is 18.8 Å². The molecular weight excluding hydrogens is 480 g/mol. The monoisotopic (exact) mass is 526 g/mol. The summed E-state index contributed by atoms with van der Waals surface area (Å²) in [4.78, 5) is 15.1. The maximum Gasteiger partial charge on any atom is 0.253 e. The summed E-state index contributed by atoms with van der Waals surface area (Å²) >= 11 is 3.60. The van der Waals surface area contributed by atoms with E-state index in [9.17, 15) is 9.90 Å². The molecule has 0 spiro atoms. The minimum absolute atomic E-state index is 0.0367. The van der Waals surface area contributed by atoms with Crippen molar-refractivity contribution in [3.8, 4) is 0 Å². The zero-order valence-corrected chi connectivity index (χ0v) is 23.2. The number of amides is 1. The Hall–Kier alpha value is -1.11. The second kappa shape index (κ2) is 15.7. The fraction of sp³-hybridized carbons (Fsp3) is 0.741. The molecule has 190 valence electrons.